The summed E-state index contributed by atoms with van der Waals surface area (Å²) in [6.45, 7) is 2.32. The molecule has 0 saturated carbocycles. The number of nitrogens with two attached hydrogens (primary N) is 1. The van der Waals surface area contributed by atoms with Crippen LogP contribution in [0.25, 0.3) is 10.9 Å². The van der Waals surface area contributed by atoms with Crippen LogP contribution in [0, 0.1) is 11.6 Å². The standard InChI is InChI=1S/C20H19F2N5O/c21-12-5-6-16(22)15(9-12)17(10-27-7-2-8-27)26-20-14-4-1-3-13(19(23)28)18(14)24-11-25-20/h1,3-6,9,11,17H,2,7-8,10H2,(H2,23,28)(H,24,25,26)/t17-/m1/s1. The van der Waals surface area contributed by atoms with Crippen molar-refractivity contribution in [3.05, 3.63) is 65.5 Å². The summed E-state index contributed by atoms with van der Waals surface area (Å²) >= 11 is 0. The lowest BCUT2D eigenvalue weighted by atomic mass is 10.0. The second-order valence-corrected chi connectivity index (χ2v) is 6.81. The minimum atomic E-state index is -0.594. The SMILES string of the molecule is NC(=O)c1cccc2c(N[C@H](CN3CCC3)c3cc(F)ccc3F)ncnc12. The molecule has 8 heteroatoms. The van der Waals surface area contributed by atoms with Crippen LogP contribution in [0.1, 0.15) is 28.4 Å². The van der Waals surface area contributed by atoms with Gasteiger partial charge < -0.3 is 16.0 Å². The maximum atomic E-state index is 14.5. The van der Waals surface area contributed by atoms with Crippen LogP contribution in [0.3, 0.4) is 0 Å². The van der Waals surface area contributed by atoms with E-state index < -0.39 is 23.6 Å². The van der Waals surface area contributed by atoms with Gasteiger partial charge in [-0.25, -0.2) is 18.7 Å². The topological polar surface area (TPSA) is 84.1 Å². The Morgan fingerprint density at radius 3 is 2.75 bits per heavy atom. The van der Waals surface area contributed by atoms with Gasteiger partial charge in [0.2, 0.25) is 0 Å². The lowest BCUT2D eigenvalue weighted by Crippen LogP contribution is -2.41. The fraction of sp³-hybridized carbons (Fsp3) is 0.250. The summed E-state index contributed by atoms with van der Waals surface area (Å²) in [7, 11) is 0. The van der Waals surface area contributed by atoms with E-state index >= 15 is 0 Å². The van der Waals surface area contributed by atoms with Gasteiger partial charge in [0.25, 0.3) is 5.91 Å². The van der Waals surface area contributed by atoms with E-state index in [0.717, 1.165) is 31.6 Å². The first-order chi connectivity index (χ1) is 13.5. The lowest BCUT2D eigenvalue weighted by molar-refractivity contribution is 0.100. The average Bonchev–Trinajstić information content (AvgIpc) is 2.65. The Morgan fingerprint density at radius 2 is 2.04 bits per heavy atom. The number of primary amides is 1. The number of hydrogen-bond donors (Lipinski definition) is 2. The highest BCUT2D eigenvalue weighted by Crippen LogP contribution is 2.29. The van der Waals surface area contributed by atoms with Gasteiger partial charge in [0.15, 0.2) is 0 Å². The largest absolute Gasteiger partial charge is 0.366 e. The second-order valence-electron chi connectivity index (χ2n) is 6.81. The van der Waals surface area contributed by atoms with Crippen molar-refractivity contribution < 1.29 is 13.6 Å². The van der Waals surface area contributed by atoms with Gasteiger partial charge in [0.05, 0.1) is 17.1 Å². The molecule has 3 N–H and O–H groups in total. The summed E-state index contributed by atoms with van der Waals surface area (Å²) < 4.78 is 28.2. The van der Waals surface area contributed by atoms with Crippen molar-refractivity contribution in [3.63, 3.8) is 0 Å². The smallest absolute Gasteiger partial charge is 0.250 e. The van der Waals surface area contributed by atoms with Crippen molar-refractivity contribution in [2.75, 3.05) is 25.0 Å². The van der Waals surface area contributed by atoms with E-state index in [1.54, 1.807) is 18.2 Å². The molecule has 0 radical (unpaired) electrons. The molecule has 3 aromatic rings. The normalized spacial score (nSPS) is 15.2. The number of fused-ring (bicyclic) bond motifs is 1. The summed E-state index contributed by atoms with van der Waals surface area (Å²) in [4.78, 5) is 22.3. The highest BCUT2D eigenvalue weighted by Gasteiger charge is 2.24. The number of halogens is 2. The number of para-hydroxylation sites is 1. The number of carbonyl (C=O) groups is 1. The molecule has 1 aromatic heterocycles. The number of rotatable bonds is 6. The number of hydrogen-bond acceptors (Lipinski definition) is 5. The van der Waals surface area contributed by atoms with E-state index in [1.807, 2.05) is 0 Å². The van der Waals surface area contributed by atoms with Gasteiger partial charge in [-0.2, -0.15) is 0 Å². The quantitative estimate of drug-likeness (QED) is 0.684. The first kappa shape index (κ1) is 18.2. The maximum absolute atomic E-state index is 14.5. The van der Waals surface area contributed by atoms with Crippen LogP contribution in [0.4, 0.5) is 14.6 Å². The summed E-state index contributed by atoms with van der Waals surface area (Å²) in [6, 6.07) is 7.93. The van der Waals surface area contributed by atoms with Crippen molar-refractivity contribution in [2.45, 2.75) is 12.5 Å². The Balaban J connectivity index is 1.75. The van der Waals surface area contributed by atoms with Crippen molar-refractivity contribution in [1.82, 2.24) is 14.9 Å². The number of anilines is 1. The average molecular weight is 383 g/mol. The number of nitrogens with zero attached hydrogens (tertiary/aromatic N) is 3. The highest BCUT2D eigenvalue weighted by atomic mass is 19.1. The highest BCUT2D eigenvalue weighted by molar-refractivity contribution is 6.06. The van der Waals surface area contributed by atoms with E-state index in [0.29, 0.717) is 23.3 Å². The molecular formula is C20H19F2N5O. The van der Waals surface area contributed by atoms with Crippen molar-refractivity contribution >= 4 is 22.6 Å². The van der Waals surface area contributed by atoms with E-state index in [4.69, 9.17) is 5.73 Å². The Kier molecular flexibility index (Phi) is 4.87. The van der Waals surface area contributed by atoms with Gasteiger partial charge in [-0.3, -0.25) is 4.79 Å². The zero-order valence-corrected chi connectivity index (χ0v) is 15.0. The van der Waals surface area contributed by atoms with E-state index in [1.165, 1.54) is 12.4 Å². The van der Waals surface area contributed by atoms with Crippen molar-refractivity contribution in [3.8, 4) is 0 Å². The first-order valence-electron chi connectivity index (χ1n) is 9.00. The minimum absolute atomic E-state index is 0.227. The number of carbonyl (C=O) groups excluding carboxylic acids is 1. The monoisotopic (exact) mass is 383 g/mol. The fourth-order valence-corrected chi connectivity index (χ4v) is 3.39. The van der Waals surface area contributed by atoms with Crippen LogP contribution in [0.2, 0.25) is 0 Å². The summed E-state index contributed by atoms with van der Waals surface area (Å²) in [5.74, 6) is -1.16. The predicted molar refractivity (Wildman–Crippen MR) is 102 cm³/mol. The fourth-order valence-electron chi connectivity index (χ4n) is 3.39. The number of benzene rings is 2. The van der Waals surface area contributed by atoms with Gasteiger partial charge in [-0.1, -0.05) is 6.07 Å². The predicted octanol–water partition coefficient (Wildman–Crippen LogP) is 2.87. The molecule has 28 heavy (non-hydrogen) atoms. The molecule has 4 rings (SSSR count). The summed E-state index contributed by atoms with van der Waals surface area (Å²) in [6.07, 6.45) is 2.40. The molecule has 144 valence electrons. The van der Waals surface area contributed by atoms with E-state index in [2.05, 4.69) is 20.2 Å². The van der Waals surface area contributed by atoms with Gasteiger partial charge >= 0.3 is 0 Å². The van der Waals surface area contributed by atoms with Crippen LogP contribution < -0.4 is 11.1 Å². The first-order valence-corrected chi connectivity index (χ1v) is 9.00. The molecule has 2 aromatic carbocycles. The second kappa shape index (κ2) is 7.47. The number of nitrogens with one attached hydrogen (secondary N) is 1. The van der Waals surface area contributed by atoms with Crippen LogP contribution in [-0.2, 0) is 0 Å². The third kappa shape index (κ3) is 3.50. The summed E-state index contributed by atoms with van der Waals surface area (Å²) in [5.41, 5.74) is 6.35. The lowest BCUT2D eigenvalue weighted by Gasteiger charge is -2.35. The van der Waals surface area contributed by atoms with E-state index in [-0.39, 0.29) is 11.1 Å². The molecule has 0 bridgehead atoms. The van der Waals surface area contributed by atoms with Crippen LogP contribution in [0.5, 0.6) is 0 Å². The number of likely N-dealkylation sites (tertiary alicyclic amines) is 1. The maximum Gasteiger partial charge on any atom is 0.250 e. The third-order valence-corrected chi connectivity index (χ3v) is 4.96. The molecule has 1 saturated heterocycles. The number of amides is 1. The summed E-state index contributed by atoms with van der Waals surface area (Å²) in [5, 5.41) is 3.81. The van der Waals surface area contributed by atoms with Crippen LogP contribution in [-0.4, -0.2) is 40.4 Å². The molecular weight excluding hydrogens is 364 g/mol. The van der Waals surface area contributed by atoms with Gasteiger partial charge in [-0.15, -0.1) is 0 Å². The van der Waals surface area contributed by atoms with Gasteiger partial charge in [0.1, 0.15) is 23.8 Å². The van der Waals surface area contributed by atoms with Crippen LogP contribution >= 0.6 is 0 Å². The zero-order valence-electron chi connectivity index (χ0n) is 15.0. The molecule has 2 heterocycles. The Bertz CT molecular complexity index is 1040. The molecule has 1 fully saturated rings. The van der Waals surface area contributed by atoms with Crippen molar-refractivity contribution in [1.29, 1.82) is 0 Å². The number of aromatic nitrogens is 2. The van der Waals surface area contributed by atoms with Crippen LogP contribution in [0.15, 0.2) is 42.7 Å². The molecule has 6 nitrogen and oxygen atoms in total. The molecule has 1 atom stereocenters. The third-order valence-electron chi connectivity index (χ3n) is 4.96. The molecule has 0 spiro atoms. The molecule has 1 aliphatic rings. The Hall–Kier alpha value is -3.13. The Morgan fingerprint density at radius 1 is 1.21 bits per heavy atom. The van der Waals surface area contributed by atoms with E-state index in [9.17, 15) is 13.6 Å². The Labute approximate surface area is 160 Å². The molecule has 0 unspecified atom stereocenters. The van der Waals surface area contributed by atoms with Gasteiger partial charge in [0, 0.05) is 17.5 Å². The molecule has 1 amide bonds. The van der Waals surface area contributed by atoms with Crippen molar-refractivity contribution in [2.24, 2.45) is 5.73 Å². The van der Waals surface area contributed by atoms with Gasteiger partial charge in [-0.05, 0) is 49.8 Å². The minimum Gasteiger partial charge on any atom is -0.366 e. The zero-order chi connectivity index (χ0) is 19.7. The molecule has 0 aliphatic carbocycles. The molecule has 1 aliphatic heterocycles.